The molecule has 1 amide bonds. The number of carbonyl (C=O) groups excluding carboxylic acids is 1. The van der Waals surface area contributed by atoms with Crippen LogP contribution in [-0.2, 0) is 4.79 Å². The summed E-state index contributed by atoms with van der Waals surface area (Å²) < 4.78 is 0. The minimum absolute atomic E-state index is 0. The Morgan fingerprint density at radius 2 is 1.88 bits per heavy atom. The summed E-state index contributed by atoms with van der Waals surface area (Å²) in [5.74, 6) is 0.787. The molecule has 2 aliphatic rings. The van der Waals surface area contributed by atoms with Gasteiger partial charge in [0.05, 0.1) is 5.54 Å². The van der Waals surface area contributed by atoms with Crippen LogP contribution in [0.2, 0.25) is 0 Å². The molecule has 0 heterocycles. The zero-order valence-corrected chi connectivity index (χ0v) is 11.0. The van der Waals surface area contributed by atoms with E-state index in [1.165, 1.54) is 19.3 Å². The van der Waals surface area contributed by atoms with E-state index in [1.807, 2.05) is 0 Å². The second-order valence-electron chi connectivity index (χ2n) is 5.94. The lowest BCUT2D eigenvalue weighted by Crippen LogP contribution is -2.44. The molecule has 0 aromatic heterocycles. The van der Waals surface area contributed by atoms with Crippen LogP contribution in [0, 0.1) is 11.3 Å². The van der Waals surface area contributed by atoms with Gasteiger partial charge in [-0.1, -0.05) is 13.8 Å². The summed E-state index contributed by atoms with van der Waals surface area (Å²) in [6.45, 7) is 5.32. The van der Waals surface area contributed by atoms with Crippen LogP contribution >= 0.6 is 12.4 Å². The van der Waals surface area contributed by atoms with Gasteiger partial charge in [-0.15, -0.1) is 12.4 Å². The molecule has 2 saturated carbocycles. The summed E-state index contributed by atoms with van der Waals surface area (Å²) in [6, 6.07) is 0. The van der Waals surface area contributed by atoms with Gasteiger partial charge >= 0.3 is 0 Å². The van der Waals surface area contributed by atoms with Crippen LogP contribution in [0.1, 0.15) is 46.0 Å². The lowest BCUT2D eigenvalue weighted by Gasteiger charge is -2.19. The molecule has 0 aromatic rings. The highest BCUT2D eigenvalue weighted by molar-refractivity contribution is 5.89. The third kappa shape index (κ3) is 3.11. The second-order valence-corrected chi connectivity index (χ2v) is 5.94. The molecule has 4 heteroatoms. The summed E-state index contributed by atoms with van der Waals surface area (Å²) in [7, 11) is 0. The van der Waals surface area contributed by atoms with E-state index in [0.717, 1.165) is 25.3 Å². The number of hydrogen-bond donors (Lipinski definition) is 2. The Balaban J connectivity index is 0.00000128. The molecular weight excluding hydrogens is 224 g/mol. The fourth-order valence-electron chi connectivity index (χ4n) is 2.30. The number of amides is 1. The largest absolute Gasteiger partial charge is 0.354 e. The maximum Gasteiger partial charge on any atom is 0.240 e. The molecular formula is C12H23ClN2O. The van der Waals surface area contributed by atoms with Gasteiger partial charge in [0.1, 0.15) is 0 Å². The molecule has 2 fully saturated rings. The fourth-order valence-corrected chi connectivity index (χ4v) is 2.30. The van der Waals surface area contributed by atoms with Crippen LogP contribution in [0.5, 0.6) is 0 Å². The minimum atomic E-state index is -0.506. The Bertz CT molecular complexity index is 270. The Hall–Kier alpha value is -0.280. The molecule has 0 unspecified atom stereocenters. The minimum Gasteiger partial charge on any atom is -0.354 e. The highest BCUT2D eigenvalue weighted by atomic mass is 35.5. The standard InChI is InChI=1S/C12H22N2O.ClH/c1-9(2)7-11(3-4-11)8-14-10(15)12(13)5-6-12;/h9H,3-8,13H2,1-2H3,(H,14,15);1H. The predicted octanol–water partition coefficient (Wildman–Crippen LogP) is 1.84. The zero-order valence-electron chi connectivity index (χ0n) is 10.2. The lowest BCUT2D eigenvalue weighted by molar-refractivity contribution is -0.123. The van der Waals surface area contributed by atoms with Crippen molar-refractivity contribution in [3.63, 3.8) is 0 Å². The molecule has 0 spiro atoms. The number of nitrogens with two attached hydrogens (primary N) is 1. The average Bonchev–Trinajstić information content (AvgIpc) is 3.02. The maximum absolute atomic E-state index is 11.7. The van der Waals surface area contributed by atoms with Crippen molar-refractivity contribution in [2.45, 2.75) is 51.5 Å². The predicted molar refractivity (Wildman–Crippen MR) is 67.5 cm³/mol. The van der Waals surface area contributed by atoms with E-state index < -0.39 is 5.54 Å². The van der Waals surface area contributed by atoms with Crippen molar-refractivity contribution in [3.8, 4) is 0 Å². The SMILES string of the molecule is CC(C)CC1(CNC(=O)C2(N)CC2)CC1.Cl. The topological polar surface area (TPSA) is 55.1 Å². The number of hydrogen-bond acceptors (Lipinski definition) is 2. The van der Waals surface area contributed by atoms with Crippen molar-refractivity contribution < 1.29 is 4.79 Å². The zero-order chi connectivity index (χ0) is 11.1. The Morgan fingerprint density at radius 3 is 2.25 bits per heavy atom. The highest BCUT2D eigenvalue weighted by Crippen LogP contribution is 2.50. The van der Waals surface area contributed by atoms with Crippen LogP contribution in [0.3, 0.4) is 0 Å². The van der Waals surface area contributed by atoms with Crippen LogP contribution in [0.4, 0.5) is 0 Å². The summed E-state index contributed by atoms with van der Waals surface area (Å²) >= 11 is 0. The van der Waals surface area contributed by atoms with Crippen LogP contribution < -0.4 is 11.1 Å². The first kappa shape index (κ1) is 13.8. The van der Waals surface area contributed by atoms with Crippen molar-refractivity contribution in [3.05, 3.63) is 0 Å². The molecule has 0 radical (unpaired) electrons. The van der Waals surface area contributed by atoms with Gasteiger partial charge in [0.15, 0.2) is 0 Å². The number of rotatable bonds is 5. The van der Waals surface area contributed by atoms with Crippen molar-refractivity contribution in [1.29, 1.82) is 0 Å². The van der Waals surface area contributed by atoms with Gasteiger partial charge in [-0.05, 0) is 43.4 Å². The van der Waals surface area contributed by atoms with Gasteiger partial charge in [0.25, 0.3) is 0 Å². The van der Waals surface area contributed by atoms with E-state index in [4.69, 9.17) is 5.73 Å². The molecule has 0 aromatic carbocycles. The number of halogens is 1. The molecule has 0 bridgehead atoms. The summed E-state index contributed by atoms with van der Waals surface area (Å²) in [5, 5.41) is 3.03. The molecule has 0 saturated heterocycles. The van der Waals surface area contributed by atoms with Crippen molar-refractivity contribution >= 4 is 18.3 Å². The first-order chi connectivity index (χ1) is 6.96. The molecule has 94 valence electrons. The first-order valence-electron chi connectivity index (χ1n) is 6.03. The molecule has 3 nitrogen and oxygen atoms in total. The number of carbonyl (C=O) groups is 1. The van der Waals surface area contributed by atoms with Crippen LogP contribution in [0.15, 0.2) is 0 Å². The summed E-state index contributed by atoms with van der Waals surface area (Å²) in [5.41, 5.74) is 5.73. The fraction of sp³-hybridized carbons (Fsp3) is 0.917. The van der Waals surface area contributed by atoms with Crippen molar-refractivity contribution in [2.24, 2.45) is 17.1 Å². The summed E-state index contributed by atoms with van der Waals surface area (Å²) in [4.78, 5) is 11.7. The molecule has 0 aliphatic heterocycles. The van der Waals surface area contributed by atoms with E-state index in [-0.39, 0.29) is 18.3 Å². The Morgan fingerprint density at radius 1 is 1.31 bits per heavy atom. The number of nitrogens with one attached hydrogen (secondary N) is 1. The van der Waals surface area contributed by atoms with Gasteiger partial charge in [0.2, 0.25) is 5.91 Å². The van der Waals surface area contributed by atoms with E-state index >= 15 is 0 Å². The maximum atomic E-state index is 11.7. The highest BCUT2D eigenvalue weighted by Gasteiger charge is 2.48. The van der Waals surface area contributed by atoms with Crippen molar-refractivity contribution in [2.75, 3.05) is 6.54 Å². The van der Waals surface area contributed by atoms with Gasteiger partial charge in [0, 0.05) is 6.54 Å². The molecule has 3 N–H and O–H groups in total. The van der Waals surface area contributed by atoms with E-state index in [0.29, 0.717) is 5.41 Å². The monoisotopic (exact) mass is 246 g/mol. The Kier molecular flexibility index (Phi) is 3.91. The first-order valence-corrected chi connectivity index (χ1v) is 6.03. The van der Waals surface area contributed by atoms with E-state index in [1.54, 1.807) is 0 Å². The van der Waals surface area contributed by atoms with Gasteiger partial charge in [-0.2, -0.15) is 0 Å². The van der Waals surface area contributed by atoms with Gasteiger partial charge < -0.3 is 11.1 Å². The third-order valence-corrected chi connectivity index (χ3v) is 3.66. The molecule has 16 heavy (non-hydrogen) atoms. The average molecular weight is 247 g/mol. The second kappa shape index (κ2) is 4.53. The van der Waals surface area contributed by atoms with Crippen LogP contribution in [0.25, 0.3) is 0 Å². The van der Waals surface area contributed by atoms with Gasteiger partial charge in [-0.25, -0.2) is 0 Å². The lowest BCUT2D eigenvalue weighted by atomic mass is 9.94. The van der Waals surface area contributed by atoms with Crippen molar-refractivity contribution in [1.82, 2.24) is 5.32 Å². The normalized spacial score (nSPS) is 23.5. The molecule has 2 rings (SSSR count). The third-order valence-electron chi connectivity index (χ3n) is 3.66. The van der Waals surface area contributed by atoms with E-state index in [2.05, 4.69) is 19.2 Å². The summed E-state index contributed by atoms with van der Waals surface area (Å²) in [6.07, 6.45) is 5.48. The van der Waals surface area contributed by atoms with Gasteiger partial charge in [-0.3, -0.25) is 4.79 Å². The van der Waals surface area contributed by atoms with Crippen LogP contribution in [-0.4, -0.2) is 18.0 Å². The molecule has 0 atom stereocenters. The molecule has 2 aliphatic carbocycles. The smallest absolute Gasteiger partial charge is 0.240 e. The Labute approximate surface area is 104 Å². The van der Waals surface area contributed by atoms with E-state index in [9.17, 15) is 4.79 Å². The quantitative estimate of drug-likeness (QED) is 0.778.